The summed E-state index contributed by atoms with van der Waals surface area (Å²) in [5, 5.41) is 13.8. The maximum absolute atomic E-state index is 11.7. The number of carbonyl (C=O) groups excluding carboxylic acids is 1. The Morgan fingerprint density at radius 3 is 2.74 bits per heavy atom. The molecule has 0 aliphatic heterocycles. The van der Waals surface area contributed by atoms with Crippen molar-refractivity contribution in [1.82, 2.24) is 5.32 Å². The van der Waals surface area contributed by atoms with Gasteiger partial charge in [0.25, 0.3) is 0 Å². The van der Waals surface area contributed by atoms with Gasteiger partial charge in [0.2, 0.25) is 0 Å². The zero-order valence-corrected chi connectivity index (χ0v) is 12.2. The maximum atomic E-state index is 11.7. The molecule has 1 unspecified atom stereocenters. The van der Waals surface area contributed by atoms with Gasteiger partial charge in [0.15, 0.2) is 6.04 Å². The number of aliphatic carboxylic acids is 1. The monoisotopic (exact) mass is 330 g/mol. The molecule has 0 saturated carbocycles. The lowest BCUT2D eigenvalue weighted by atomic mass is 10.2. The summed E-state index contributed by atoms with van der Waals surface area (Å²) in [6.07, 6.45) is 0. The van der Waals surface area contributed by atoms with Crippen LogP contribution in [0.25, 0.3) is 0 Å². The van der Waals surface area contributed by atoms with E-state index in [2.05, 4.69) is 26.6 Å². The highest BCUT2D eigenvalue weighted by Gasteiger charge is 2.19. The van der Waals surface area contributed by atoms with Crippen LogP contribution in [0.1, 0.15) is 5.56 Å². The van der Waals surface area contributed by atoms with E-state index in [9.17, 15) is 9.59 Å². The van der Waals surface area contributed by atoms with Crippen LogP contribution in [0.5, 0.6) is 0 Å². The number of anilines is 1. The summed E-state index contributed by atoms with van der Waals surface area (Å²) in [4.78, 5) is 22.6. The molecule has 1 atom stereocenters. The molecule has 2 amide bonds. The highest BCUT2D eigenvalue weighted by molar-refractivity contribution is 9.10. The Kier molecular flexibility index (Phi) is 5.78. The van der Waals surface area contributed by atoms with Crippen molar-refractivity contribution in [3.63, 3.8) is 0 Å². The Morgan fingerprint density at radius 1 is 1.47 bits per heavy atom. The average molecular weight is 331 g/mol. The molecule has 6 nitrogen and oxygen atoms in total. The quantitative estimate of drug-likeness (QED) is 0.770. The first-order valence-corrected chi connectivity index (χ1v) is 6.28. The van der Waals surface area contributed by atoms with E-state index < -0.39 is 18.0 Å². The number of ether oxygens (including phenoxy) is 1. The van der Waals surface area contributed by atoms with Gasteiger partial charge in [0.1, 0.15) is 0 Å². The van der Waals surface area contributed by atoms with Gasteiger partial charge in [0, 0.05) is 17.3 Å². The van der Waals surface area contributed by atoms with Gasteiger partial charge in [-0.15, -0.1) is 0 Å². The van der Waals surface area contributed by atoms with Crippen LogP contribution in [0.4, 0.5) is 10.5 Å². The number of amides is 2. The summed E-state index contributed by atoms with van der Waals surface area (Å²) in [6, 6.07) is 3.75. The number of hydrogen-bond acceptors (Lipinski definition) is 3. The molecular weight excluding hydrogens is 316 g/mol. The van der Waals surface area contributed by atoms with E-state index in [4.69, 9.17) is 9.84 Å². The number of carboxylic acid groups (broad SMARTS) is 1. The van der Waals surface area contributed by atoms with E-state index in [1.807, 2.05) is 19.1 Å². The lowest BCUT2D eigenvalue weighted by molar-refractivity contribution is -0.140. The number of carbonyl (C=O) groups is 2. The van der Waals surface area contributed by atoms with Gasteiger partial charge in [-0.2, -0.15) is 0 Å². The molecule has 7 heteroatoms. The van der Waals surface area contributed by atoms with Crippen LogP contribution in [0.15, 0.2) is 22.7 Å². The molecule has 0 bridgehead atoms. The predicted molar refractivity (Wildman–Crippen MR) is 74.3 cm³/mol. The van der Waals surface area contributed by atoms with Crippen LogP contribution < -0.4 is 10.6 Å². The zero-order valence-electron chi connectivity index (χ0n) is 10.6. The third kappa shape index (κ3) is 4.88. The highest BCUT2D eigenvalue weighted by atomic mass is 79.9. The van der Waals surface area contributed by atoms with Crippen molar-refractivity contribution in [1.29, 1.82) is 0 Å². The molecule has 1 aromatic carbocycles. The number of halogens is 1. The van der Waals surface area contributed by atoms with E-state index in [1.54, 1.807) is 6.07 Å². The van der Waals surface area contributed by atoms with Crippen LogP contribution >= 0.6 is 15.9 Å². The van der Waals surface area contributed by atoms with E-state index in [1.165, 1.54) is 7.11 Å². The van der Waals surface area contributed by atoms with Gasteiger partial charge in [-0.3, -0.25) is 0 Å². The molecule has 0 aliphatic rings. The minimum atomic E-state index is -1.15. The summed E-state index contributed by atoms with van der Waals surface area (Å²) in [6.45, 7) is 1.74. The first kappa shape index (κ1) is 15.5. The molecule has 1 aromatic rings. The minimum absolute atomic E-state index is 0.0970. The topological polar surface area (TPSA) is 87.7 Å². The summed E-state index contributed by atoms with van der Waals surface area (Å²) in [5.74, 6) is -1.15. The third-order valence-electron chi connectivity index (χ3n) is 2.38. The highest BCUT2D eigenvalue weighted by Crippen LogP contribution is 2.20. The molecule has 3 N–H and O–H groups in total. The van der Waals surface area contributed by atoms with E-state index in [-0.39, 0.29) is 6.61 Å². The smallest absolute Gasteiger partial charge is 0.328 e. The molecule has 0 saturated heterocycles. The van der Waals surface area contributed by atoms with E-state index in [0.717, 1.165) is 10.0 Å². The van der Waals surface area contributed by atoms with Crippen molar-refractivity contribution in [3.05, 3.63) is 28.2 Å². The number of aryl methyl sites for hydroxylation is 1. The molecule has 104 valence electrons. The fraction of sp³-hybridized carbons (Fsp3) is 0.333. The molecule has 0 aliphatic carbocycles. The molecule has 19 heavy (non-hydrogen) atoms. The lowest BCUT2D eigenvalue weighted by Crippen LogP contribution is -2.45. The molecule has 0 aromatic heterocycles. The normalized spacial score (nSPS) is 11.7. The molecule has 0 fully saturated rings. The number of nitrogens with one attached hydrogen (secondary N) is 2. The lowest BCUT2D eigenvalue weighted by Gasteiger charge is -2.15. The number of rotatable bonds is 5. The third-order valence-corrected chi connectivity index (χ3v) is 2.88. The van der Waals surface area contributed by atoms with Gasteiger partial charge in [-0.25, -0.2) is 9.59 Å². The van der Waals surface area contributed by atoms with Gasteiger partial charge in [-0.05, 0) is 24.6 Å². The number of benzene rings is 1. The van der Waals surface area contributed by atoms with E-state index >= 15 is 0 Å². The Morgan fingerprint density at radius 2 is 2.16 bits per heavy atom. The van der Waals surface area contributed by atoms with E-state index in [0.29, 0.717) is 5.69 Å². The Balaban J connectivity index is 2.68. The Labute approximate surface area is 119 Å². The van der Waals surface area contributed by atoms with Crippen molar-refractivity contribution in [2.75, 3.05) is 19.0 Å². The molecular formula is C12H15BrN2O4. The Hall–Kier alpha value is -1.60. The van der Waals surface area contributed by atoms with Gasteiger partial charge < -0.3 is 20.5 Å². The second-order valence-electron chi connectivity index (χ2n) is 3.90. The van der Waals surface area contributed by atoms with Crippen LogP contribution in [-0.4, -0.2) is 36.9 Å². The summed E-state index contributed by atoms with van der Waals surface area (Å²) >= 11 is 3.30. The van der Waals surface area contributed by atoms with Crippen LogP contribution in [0, 0.1) is 6.92 Å². The standard InChI is InChI=1S/C12H15BrN2O4/c1-7-3-4-8(13)5-9(7)14-12(18)15-10(6-19-2)11(16)17/h3-5,10H,6H2,1-2H3,(H,16,17)(H2,14,15,18). The van der Waals surface area contributed by atoms with Gasteiger partial charge in [-0.1, -0.05) is 22.0 Å². The fourth-order valence-electron chi connectivity index (χ4n) is 1.39. The minimum Gasteiger partial charge on any atom is -0.480 e. The molecule has 0 heterocycles. The van der Waals surface area contributed by atoms with Crippen molar-refractivity contribution in [3.8, 4) is 0 Å². The predicted octanol–water partition coefficient (Wildman–Crippen LogP) is 1.98. The van der Waals surface area contributed by atoms with Crippen molar-refractivity contribution < 1.29 is 19.4 Å². The first-order valence-electron chi connectivity index (χ1n) is 5.49. The molecule has 0 radical (unpaired) electrons. The maximum Gasteiger partial charge on any atom is 0.328 e. The molecule has 0 spiro atoms. The summed E-state index contributed by atoms with van der Waals surface area (Å²) in [7, 11) is 1.37. The largest absolute Gasteiger partial charge is 0.480 e. The second-order valence-corrected chi connectivity index (χ2v) is 4.82. The number of hydrogen-bond donors (Lipinski definition) is 3. The SMILES string of the molecule is COCC(NC(=O)Nc1cc(Br)ccc1C)C(=O)O. The number of carboxylic acids is 1. The number of methoxy groups -OCH3 is 1. The van der Waals surface area contributed by atoms with Crippen LogP contribution in [0.2, 0.25) is 0 Å². The summed E-state index contributed by atoms with van der Waals surface area (Å²) in [5.41, 5.74) is 1.48. The Bertz CT molecular complexity index is 479. The van der Waals surface area contributed by atoms with Gasteiger partial charge >= 0.3 is 12.0 Å². The van der Waals surface area contributed by atoms with Gasteiger partial charge in [0.05, 0.1) is 6.61 Å². The van der Waals surface area contributed by atoms with Crippen molar-refractivity contribution >= 4 is 33.6 Å². The van der Waals surface area contributed by atoms with Crippen LogP contribution in [0.3, 0.4) is 0 Å². The van der Waals surface area contributed by atoms with Crippen molar-refractivity contribution in [2.45, 2.75) is 13.0 Å². The fourth-order valence-corrected chi connectivity index (χ4v) is 1.75. The molecule has 1 rings (SSSR count). The number of urea groups is 1. The van der Waals surface area contributed by atoms with Crippen LogP contribution in [-0.2, 0) is 9.53 Å². The summed E-state index contributed by atoms with van der Waals surface area (Å²) < 4.78 is 5.55. The first-order chi connectivity index (χ1) is 8.93. The average Bonchev–Trinajstić information content (AvgIpc) is 2.33. The second kappa shape index (κ2) is 7.10. The zero-order chi connectivity index (χ0) is 14.4. The van der Waals surface area contributed by atoms with Crippen molar-refractivity contribution in [2.24, 2.45) is 0 Å².